The van der Waals surface area contributed by atoms with Crippen LogP contribution >= 0.6 is 11.3 Å². The summed E-state index contributed by atoms with van der Waals surface area (Å²) in [5, 5.41) is 14.8. The van der Waals surface area contributed by atoms with Gasteiger partial charge >= 0.3 is 6.03 Å². The van der Waals surface area contributed by atoms with Crippen molar-refractivity contribution in [1.82, 2.24) is 10.3 Å². The standard InChI is InChI=1S/C10H17N3O2S/c1-3-7(6-14)12-9(15)13-10-11-5-8(4-2)16-10/h5,7,14H,3-4,6H2,1-2H3,(H2,11,12,13,15). The van der Waals surface area contributed by atoms with Gasteiger partial charge < -0.3 is 10.4 Å². The average molecular weight is 243 g/mol. The summed E-state index contributed by atoms with van der Waals surface area (Å²) in [6.07, 6.45) is 3.36. The van der Waals surface area contributed by atoms with E-state index in [9.17, 15) is 4.79 Å². The molecule has 1 atom stereocenters. The molecule has 1 heterocycles. The van der Waals surface area contributed by atoms with E-state index in [4.69, 9.17) is 5.11 Å². The first-order chi connectivity index (χ1) is 7.69. The number of aryl methyl sites for hydroxylation is 1. The molecule has 0 saturated heterocycles. The van der Waals surface area contributed by atoms with Gasteiger partial charge in [0.05, 0.1) is 12.6 Å². The van der Waals surface area contributed by atoms with Crippen LogP contribution in [0.1, 0.15) is 25.1 Å². The molecule has 0 spiro atoms. The maximum atomic E-state index is 11.5. The van der Waals surface area contributed by atoms with Crippen LogP contribution in [0.15, 0.2) is 6.20 Å². The third kappa shape index (κ3) is 3.79. The van der Waals surface area contributed by atoms with Crippen LogP contribution in [0.5, 0.6) is 0 Å². The molecule has 0 fully saturated rings. The fourth-order valence-electron chi connectivity index (χ4n) is 1.12. The third-order valence-corrected chi connectivity index (χ3v) is 3.23. The number of anilines is 1. The van der Waals surface area contributed by atoms with Crippen LogP contribution in [0.3, 0.4) is 0 Å². The predicted molar refractivity (Wildman–Crippen MR) is 64.8 cm³/mol. The fraction of sp³-hybridized carbons (Fsp3) is 0.600. The van der Waals surface area contributed by atoms with E-state index in [1.54, 1.807) is 6.20 Å². The minimum Gasteiger partial charge on any atom is -0.394 e. The molecule has 1 unspecified atom stereocenters. The number of carbonyl (C=O) groups excluding carboxylic acids is 1. The van der Waals surface area contributed by atoms with E-state index >= 15 is 0 Å². The zero-order valence-electron chi connectivity index (χ0n) is 9.49. The van der Waals surface area contributed by atoms with Gasteiger partial charge in [-0.25, -0.2) is 9.78 Å². The number of thiazole rings is 1. The van der Waals surface area contributed by atoms with E-state index in [1.807, 2.05) is 13.8 Å². The summed E-state index contributed by atoms with van der Waals surface area (Å²) in [7, 11) is 0. The Morgan fingerprint density at radius 3 is 2.88 bits per heavy atom. The first-order valence-electron chi connectivity index (χ1n) is 5.32. The maximum absolute atomic E-state index is 11.5. The molecule has 0 aliphatic heterocycles. The van der Waals surface area contributed by atoms with Gasteiger partial charge in [-0.2, -0.15) is 0 Å². The summed E-state index contributed by atoms with van der Waals surface area (Å²) in [5.41, 5.74) is 0. The van der Waals surface area contributed by atoms with Crippen LogP contribution in [-0.2, 0) is 6.42 Å². The third-order valence-electron chi connectivity index (χ3n) is 2.17. The van der Waals surface area contributed by atoms with Crippen molar-refractivity contribution in [2.24, 2.45) is 0 Å². The molecule has 90 valence electrons. The number of nitrogens with zero attached hydrogens (tertiary/aromatic N) is 1. The Bertz CT molecular complexity index is 337. The monoisotopic (exact) mass is 243 g/mol. The minimum atomic E-state index is -0.321. The molecular formula is C10H17N3O2S. The highest BCUT2D eigenvalue weighted by Gasteiger charge is 2.10. The molecule has 6 heteroatoms. The van der Waals surface area contributed by atoms with Crippen molar-refractivity contribution in [3.05, 3.63) is 11.1 Å². The van der Waals surface area contributed by atoms with E-state index in [-0.39, 0.29) is 18.7 Å². The number of amides is 2. The number of aliphatic hydroxyl groups is 1. The average Bonchev–Trinajstić information content (AvgIpc) is 2.73. The van der Waals surface area contributed by atoms with Crippen molar-refractivity contribution < 1.29 is 9.90 Å². The lowest BCUT2D eigenvalue weighted by atomic mass is 10.2. The Morgan fingerprint density at radius 2 is 2.38 bits per heavy atom. The maximum Gasteiger partial charge on any atom is 0.321 e. The lowest BCUT2D eigenvalue weighted by Gasteiger charge is -2.13. The highest BCUT2D eigenvalue weighted by atomic mass is 32.1. The Labute approximate surface area is 98.9 Å². The number of aliphatic hydroxyl groups excluding tert-OH is 1. The zero-order valence-corrected chi connectivity index (χ0v) is 10.3. The van der Waals surface area contributed by atoms with Crippen molar-refractivity contribution in [2.75, 3.05) is 11.9 Å². The molecule has 16 heavy (non-hydrogen) atoms. The lowest BCUT2D eigenvalue weighted by Crippen LogP contribution is -2.39. The van der Waals surface area contributed by atoms with Gasteiger partial charge in [-0.3, -0.25) is 5.32 Å². The summed E-state index contributed by atoms with van der Waals surface area (Å²) < 4.78 is 0. The van der Waals surface area contributed by atoms with Crippen LogP contribution in [-0.4, -0.2) is 28.8 Å². The molecule has 0 aliphatic rings. The van der Waals surface area contributed by atoms with Crippen molar-refractivity contribution >= 4 is 22.5 Å². The fourth-order valence-corrected chi connectivity index (χ4v) is 1.87. The first-order valence-corrected chi connectivity index (χ1v) is 6.14. The van der Waals surface area contributed by atoms with E-state index in [0.717, 1.165) is 11.3 Å². The van der Waals surface area contributed by atoms with E-state index in [1.165, 1.54) is 11.3 Å². The first kappa shape index (κ1) is 12.9. The van der Waals surface area contributed by atoms with Crippen LogP contribution in [0.4, 0.5) is 9.93 Å². The van der Waals surface area contributed by atoms with Crippen molar-refractivity contribution in [3.8, 4) is 0 Å². The van der Waals surface area contributed by atoms with Crippen LogP contribution in [0.2, 0.25) is 0 Å². The lowest BCUT2D eigenvalue weighted by molar-refractivity contribution is 0.222. The Kier molecular flexibility index (Phi) is 5.21. The number of hydrogen-bond donors (Lipinski definition) is 3. The number of urea groups is 1. The second-order valence-corrected chi connectivity index (χ2v) is 4.49. The quantitative estimate of drug-likeness (QED) is 0.735. The van der Waals surface area contributed by atoms with Crippen molar-refractivity contribution in [3.63, 3.8) is 0 Å². The van der Waals surface area contributed by atoms with E-state index in [2.05, 4.69) is 15.6 Å². The normalized spacial score (nSPS) is 12.2. The molecular weight excluding hydrogens is 226 g/mol. The Hall–Kier alpha value is -1.14. The summed E-state index contributed by atoms with van der Waals surface area (Å²) in [5.74, 6) is 0. The number of hydrogen-bond acceptors (Lipinski definition) is 4. The molecule has 2 amide bonds. The van der Waals surface area contributed by atoms with Gasteiger partial charge in [-0.1, -0.05) is 13.8 Å². The number of rotatable bonds is 5. The highest BCUT2D eigenvalue weighted by Crippen LogP contribution is 2.17. The van der Waals surface area contributed by atoms with Crippen molar-refractivity contribution in [2.45, 2.75) is 32.7 Å². The molecule has 1 aromatic heterocycles. The highest BCUT2D eigenvalue weighted by molar-refractivity contribution is 7.15. The minimum absolute atomic E-state index is 0.0536. The second kappa shape index (κ2) is 6.44. The number of nitrogens with one attached hydrogen (secondary N) is 2. The topological polar surface area (TPSA) is 74.2 Å². The molecule has 5 nitrogen and oxygen atoms in total. The van der Waals surface area contributed by atoms with Crippen molar-refractivity contribution in [1.29, 1.82) is 0 Å². The summed E-state index contributed by atoms with van der Waals surface area (Å²) >= 11 is 1.46. The van der Waals surface area contributed by atoms with Crippen LogP contribution in [0, 0.1) is 0 Å². The van der Waals surface area contributed by atoms with E-state index in [0.29, 0.717) is 11.6 Å². The summed E-state index contributed by atoms with van der Waals surface area (Å²) in [6.45, 7) is 3.89. The summed E-state index contributed by atoms with van der Waals surface area (Å²) in [4.78, 5) is 16.7. The molecule has 0 saturated carbocycles. The molecule has 1 aromatic rings. The van der Waals surface area contributed by atoms with Gasteiger partial charge in [0.15, 0.2) is 5.13 Å². The SMILES string of the molecule is CCc1cnc(NC(=O)NC(CC)CO)s1. The zero-order chi connectivity index (χ0) is 12.0. The number of carbonyl (C=O) groups is 1. The second-order valence-electron chi connectivity index (χ2n) is 3.37. The largest absolute Gasteiger partial charge is 0.394 e. The molecule has 3 N–H and O–H groups in total. The molecule has 1 rings (SSSR count). The van der Waals surface area contributed by atoms with Gasteiger partial charge in [-0.05, 0) is 12.8 Å². The molecule has 0 radical (unpaired) electrons. The molecule has 0 bridgehead atoms. The van der Waals surface area contributed by atoms with Gasteiger partial charge in [0.2, 0.25) is 0 Å². The van der Waals surface area contributed by atoms with Gasteiger partial charge in [0.25, 0.3) is 0 Å². The van der Waals surface area contributed by atoms with Gasteiger partial charge in [-0.15, -0.1) is 11.3 Å². The number of aromatic nitrogens is 1. The Balaban J connectivity index is 2.44. The Morgan fingerprint density at radius 1 is 1.62 bits per heavy atom. The van der Waals surface area contributed by atoms with Crippen LogP contribution in [0.25, 0.3) is 0 Å². The predicted octanol–water partition coefficient (Wildman–Crippen LogP) is 1.60. The van der Waals surface area contributed by atoms with Crippen LogP contribution < -0.4 is 10.6 Å². The van der Waals surface area contributed by atoms with Gasteiger partial charge in [0.1, 0.15) is 0 Å². The van der Waals surface area contributed by atoms with E-state index < -0.39 is 0 Å². The molecule has 0 aliphatic carbocycles. The summed E-state index contributed by atoms with van der Waals surface area (Å²) in [6, 6.07) is -0.525. The van der Waals surface area contributed by atoms with Gasteiger partial charge in [0, 0.05) is 11.1 Å². The smallest absolute Gasteiger partial charge is 0.321 e. The molecule has 0 aromatic carbocycles.